The third kappa shape index (κ3) is 5.00. The van der Waals surface area contributed by atoms with Crippen LogP contribution in [0.2, 0.25) is 0 Å². The predicted octanol–water partition coefficient (Wildman–Crippen LogP) is 6.72. The lowest BCUT2D eigenvalue weighted by Crippen LogP contribution is -2.33. The number of carboxylic acids is 1. The molecule has 4 aromatic carbocycles. The van der Waals surface area contributed by atoms with Crippen molar-refractivity contribution in [3.8, 4) is 5.75 Å². The van der Waals surface area contributed by atoms with E-state index in [1.165, 1.54) is 27.5 Å². The maximum Gasteiger partial charge on any atom is 0.310 e. The summed E-state index contributed by atoms with van der Waals surface area (Å²) in [4.78, 5) is 15.0. The number of benzene rings is 4. The number of carbonyl (C=O) groups is 1. The lowest BCUT2D eigenvalue weighted by molar-refractivity contribution is -0.147. The summed E-state index contributed by atoms with van der Waals surface area (Å²) in [5.41, 5.74) is 13.3. The highest BCUT2D eigenvalue weighted by Gasteiger charge is 2.40. The molecular formula is C34H39N3O3. The van der Waals surface area contributed by atoms with Gasteiger partial charge in [0.05, 0.1) is 16.8 Å². The Morgan fingerprint density at radius 1 is 1.10 bits per heavy atom. The molecule has 1 unspecified atom stereocenters. The van der Waals surface area contributed by atoms with E-state index in [1.807, 2.05) is 26.1 Å². The smallest absolute Gasteiger partial charge is 0.310 e. The summed E-state index contributed by atoms with van der Waals surface area (Å²) in [6.07, 6.45) is 0. The number of fused-ring (bicyclic) bond motifs is 3. The highest BCUT2D eigenvalue weighted by Crippen LogP contribution is 2.45. The summed E-state index contributed by atoms with van der Waals surface area (Å²) in [5, 5.41) is 15.9. The Balaban J connectivity index is 1.54. The molecular weight excluding hydrogens is 498 g/mol. The quantitative estimate of drug-likeness (QED) is 0.227. The normalized spacial score (nSPS) is 14.7. The first-order chi connectivity index (χ1) is 19.1. The van der Waals surface area contributed by atoms with Crippen molar-refractivity contribution in [1.29, 1.82) is 0 Å². The molecule has 0 saturated carbocycles. The number of carboxylic acid groups (broad SMARTS) is 1. The first kappa shape index (κ1) is 27.5. The molecule has 1 atom stereocenters. The first-order valence-corrected chi connectivity index (χ1v) is 13.9. The van der Waals surface area contributed by atoms with Crippen LogP contribution in [0.4, 0.5) is 11.4 Å². The Morgan fingerprint density at radius 3 is 2.62 bits per heavy atom. The fraction of sp³-hybridized carbons (Fsp3) is 0.324. The molecule has 0 saturated heterocycles. The van der Waals surface area contributed by atoms with Gasteiger partial charge in [-0.1, -0.05) is 54.6 Å². The minimum absolute atomic E-state index is 0.380. The van der Waals surface area contributed by atoms with Gasteiger partial charge in [-0.2, -0.15) is 0 Å². The Labute approximate surface area is 236 Å². The molecule has 0 radical (unpaired) electrons. The molecule has 208 valence electrons. The molecule has 0 spiro atoms. The summed E-state index contributed by atoms with van der Waals surface area (Å²) < 4.78 is 6.16. The molecule has 0 aromatic heterocycles. The number of rotatable bonds is 7. The molecule has 40 heavy (non-hydrogen) atoms. The average Bonchev–Trinajstić information content (AvgIpc) is 3.15. The minimum atomic E-state index is -1.06. The number of aryl methyl sites for hydroxylation is 1. The van der Waals surface area contributed by atoms with Crippen molar-refractivity contribution in [1.82, 2.24) is 4.90 Å². The molecule has 0 aliphatic carbocycles. The highest BCUT2D eigenvalue weighted by molar-refractivity contribution is 5.87. The predicted molar refractivity (Wildman–Crippen MR) is 163 cm³/mol. The third-order valence-corrected chi connectivity index (χ3v) is 8.55. The number of nitrogens with two attached hydrogens (primary N) is 1. The summed E-state index contributed by atoms with van der Waals surface area (Å²) in [6, 6.07) is 23.0. The van der Waals surface area contributed by atoms with Crippen LogP contribution in [0.3, 0.4) is 0 Å². The van der Waals surface area contributed by atoms with E-state index >= 15 is 0 Å². The van der Waals surface area contributed by atoms with Crippen LogP contribution < -0.4 is 15.8 Å². The van der Waals surface area contributed by atoms with Crippen molar-refractivity contribution < 1.29 is 14.6 Å². The largest absolute Gasteiger partial charge is 0.492 e. The van der Waals surface area contributed by atoms with E-state index in [0.717, 1.165) is 47.8 Å². The van der Waals surface area contributed by atoms with E-state index < -0.39 is 11.4 Å². The first-order valence-electron chi connectivity index (χ1n) is 13.9. The van der Waals surface area contributed by atoms with Crippen LogP contribution in [-0.2, 0) is 17.9 Å². The molecule has 5 rings (SSSR count). The van der Waals surface area contributed by atoms with Crippen LogP contribution in [0.1, 0.15) is 53.1 Å². The topological polar surface area (TPSA) is 87.8 Å². The van der Waals surface area contributed by atoms with Gasteiger partial charge in [0.2, 0.25) is 0 Å². The van der Waals surface area contributed by atoms with Crippen LogP contribution in [0, 0.1) is 19.3 Å². The Hall–Kier alpha value is -4.03. The van der Waals surface area contributed by atoms with Gasteiger partial charge >= 0.3 is 5.97 Å². The second-order valence-corrected chi connectivity index (χ2v) is 11.5. The lowest BCUT2D eigenvalue weighted by atomic mass is 9.69. The van der Waals surface area contributed by atoms with Gasteiger partial charge in [-0.05, 0) is 78.4 Å². The van der Waals surface area contributed by atoms with Gasteiger partial charge in [-0.25, -0.2) is 0 Å². The second-order valence-electron chi connectivity index (χ2n) is 11.5. The van der Waals surface area contributed by atoms with Crippen molar-refractivity contribution in [2.75, 3.05) is 31.2 Å². The van der Waals surface area contributed by atoms with Gasteiger partial charge in [-0.3, -0.25) is 9.69 Å². The third-order valence-electron chi connectivity index (χ3n) is 8.55. The number of nitrogens with one attached hydrogen (secondary N) is 1. The zero-order valence-corrected chi connectivity index (χ0v) is 24.0. The number of ether oxygens (including phenoxy) is 1. The van der Waals surface area contributed by atoms with E-state index in [-0.39, 0.29) is 5.92 Å². The SMILES string of the molecule is CNc1ccc(C(c2ccc(C)c(CN3CCOc4ccc5ccccc5c4C3)c2)C(C)(C)C(=O)O)c(C)c1N. The van der Waals surface area contributed by atoms with Crippen molar-refractivity contribution in [3.63, 3.8) is 0 Å². The van der Waals surface area contributed by atoms with Crippen LogP contribution in [0.15, 0.2) is 66.7 Å². The summed E-state index contributed by atoms with van der Waals surface area (Å²) in [6.45, 7) is 10.7. The lowest BCUT2D eigenvalue weighted by Gasteiger charge is -2.34. The van der Waals surface area contributed by atoms with Gasteiger partial charge < -0.3 is 20.9 Å². The Bertz CT molecular complexity index is 1580. The summed E-state index contributed by atoms with van der Waals surface area (Å²) in [7, 11) is 1.84. The number of nitrogen functional groups attached to an aromatic ring is 1. The van der Waals surface area contributed by atoms with Gasteiger partial charge in [0.1, 0.15) is 12.4 Å². The number of hydrogen-bond acceptors (Lipinski definition) is 5. The maximum absolute atomic E-state index is 12.6. The van der Waals surface area contributed by atoms with E-state index in [1.54, 1.807) is 13.8 Å². The van der Waals surface area contributed by atoms with E-state index in [0.29, 0.717) is 12.3 Å². The number of anilines is 2. The monoisotopic (exact) mass is 537 g/mol. The fourth-order valence-electron chi connectivity index (χ4n) is 6.00. The second kappa shape index (κ2) is 10.9. The van der Waals surface area contributed by atoms with Crippen molar-refractivity contribution >= 4 is 28.1 Å². The zero-order chi connectivity index (χ0) is 28.6. The molecule has 1 aliphatic rings. The minimum Gasteiger partial charge on any atom is -0.492 e. The average molecular weight is 538 g/mol. The maximum atomic E-state index is 12.6. The Kier molecular flexibility index (Phi) is 7.47. The standard InChI is InChI=1S/C34H39N3O3/c1-21-10-11-24(31(34(3,4)33(38)39)26-13-14-29(36-5)32(35)22(26)2)18-25(21)19-37-16-17-40-30-15-12-23-8-6-7-9-27(23)28(30)20-37/h6-15,18,31,36H,16-17,19-20,35H2,1-5H3,(H,38,39). The van der Waals surface area contributed by atoms with Crippen molar-refractivity contribution in [2.45, 2.75) is 46.7 Å². The molecule has 1 aliphatic heterocycles. The van der Waals surface area contributed by atoms with Crippen LogP contribution in [0.5, 0.6) is 5.75 Å². The molecule has 1 heterocycles. The molecule has 4 N–H and O–H groups in total. The molecule has 0 bridgehead atoms. The number of nitrogens with zero attached hydrogens (tertiary/aromatic N) is 1. The molecule has 6 heteroatoms. The summed E-state index contributed by atoms with van der Waals surface area (Å²) in [5.74, 6) is -0.272. The summed E-state index contributed by atoms with van der Waals surface area (Å²) >= 11 is 0. The van der Waals surface area contributed by atoms with Gasteiger partial charge in [-0.15, -0.1) is 0 Å². The van der Waals surface area contributed by atoms with Crippen molar-refractivity contribution in [3.05, 3.63) is 100 Å². The fourth-order valence-corrected chi connectivity index (χ4v) is 6.00. The van der Waals surface area contributed by atoms with Gasteiger partial charge in [0.15, 0.2) is 0 Å². The van der Waals surface area contributed by atoms with Crippen molar-refractivity contribution in [2.24, 2.45) is 5.41 Å². The van der Waals surface area contributed by atoms with Gasteiger partial charge in [0, 0.05) is 38.2 Å². The highest BCUT2D eigenvalue weighted by atomic mass is 16.5. The Morgan fingerprint density at radius 2 is 1.88 bits per heavy atom. The van der Waals surface area contributed by atoms with Gasteiger partial charge in [0.25, 0.3) is 0 Å². The molecule has 4 aromatic rings. The number of aliphatic carboxylic acids is 1. The molecule has 6 nitrogen and oxygen atoms in total. The van der Waals surface area contributed by atoms with E-state index in [2.05, 4.69) is 71.7 Å². The number of hydrogen-bond donors (Lipinski definition) is 3. The zero-order valence-electron chi connectivity index (χ0n) is 24.0. The van der Waals surface area contributed by atoms with Crippen LogP contribution in [0.25, 0.3) is 10.8 Å². The van der Waals surface area contributed by atoms with E-state index in [9.17, 15) is 9.90 Å². The van der Waals surface area contributed by atoms with Crippen LogP contribution in [-0.4, -0.2) is 36.2 Å². The van der Waals surface area contributed by atoms with E-state index in [4.69, 9.17) is 10.5 Å². The molecule has 0 fully saturated rings. The molecule has 0 amide bonds. The van der Waals surface area contributed by atoms with Crippen LogP contribution >= 0.6 is 0 Å².